The molecule has 1 rings (SSSR count). The van der Waals surface area contributed by atoms with Crippen molar-refractivity contribution < 1.29 is 9.53 Å². The predicted molar refractivity (Wildman–Crippen MR) is 77.7 cm³/mol. The molecule has 0 atom stereocenters. The summed E-state index contributed by atoms with van der Waals surface area (Å²) in [7, 11) is 1.87. The number of benzene rings is 1. The average Bonchev–Trinajstić information content (AvgIpc) is 2.38. The topological polar surface area (TPSA) is 41.6 Å². The number of carbonyl (C=O) groups excluding carboxylic acids is 1. The second-order valence-corrected chi connectivity index (χ2v) is 4.57. The maximum absolute atomic E-state index is 11.4. The SMILES string of the molecule is C=CCNC(=O)CN(C)CCOc1ccc(Cl)cc1. The van der Waals surface area contributed by atoms with E-state index in [4.69, 9.17) is 16.3 Å². The second kappa shape index (κ2) is 8.56. The standard InChI is InChI=1S/C14H19ClN2O2/c1-3-8-16-14(18)11-17(2)9-10-19-13-6-4-12(15)5-7-13/h3-7H,1,8-11H2,2H3,(H,16,18). The van der Waals surface area contributed by atoms with Crippen LogP contribution in [0.4, 0.5) is 0 Å². The van der Waals surface area contributed by atoms with Crippen LogP contribution in [-0.4, -0.2) is 44.1 Å². The average molecular weight is 283 g/mol. The summed E-state index contributed by atoms with van der Waals surface area (Å²) in [6.45, 7) is 5.57. The number of ether oxygens (including phenoxy) is 1. The van der Waals surface area contributed by atoms with Gasteiger partial charge in [-0.05, 0) is 31.3 Å². The summed E-state index contributed by atoms with van der Waals surface area (Å²) in [6, 6.07) is 7.20. The first kappa shape index (κ1) is 15.5. The molecule has 0 aliphatic rings. The Balaban J connectivity index is 2.19. The van der Waals surface area contributed by atoms with Gasteiger partial charge in [-0.3, -0.25) is 9.69 Å². The van der Waals surface area contributed by atoms with Crippen molar-refractivity contribution in [3.8, 4) is 5.75 Å². The molecule has 0 aliphatic heterocycles. The lowest BCUT2D eigenvalue weighted by Crippen LogP contribution is -2.36. The van der Waals surface area contributed by atoms with Crippen LogP contribution in [0.25, 0.3) is 0 Å². The number of carbonyl (C=O) groups is 1. The Hall–Kier alpha value is -1.52. The van der Waals surface area contributed by atoms with Crippen LogP contribution in [0, 0.1) is 0 Å². The number of hydrogen-bond donors (Lipinski definition) is 1. The molecule has 1 N–H and O–H groups in total. The molecule has 0 radical (unpaired) electrons. The molecule has 4 nitrogen and oxygen atoms in total. The highest BCUT2D eigenvalue weighted by Crippen LogP contribution is 2.15. The summed E-state index contributed by atoms with van der Waals surface area (Å²) in [5, 5.41) is 3.41. The van der Waals surface area contributed by atoms with Gasteiger partial charge in [-0.25, -0.2) is 0 Å². The zero-order valence-electron chi connectivity index (χ0n) is 11.1. The number of halogens is 1. The van der Waals surface area contributed by atoms with E-state index in [1.807, 2.05) is 24.1 Å². The fraction of sp³-hybridized carbons (Fsp3) is 0.357. The quantitative estimate of drug-likeness (QED) is 0.741. The maximum Gasteiger partial charge on any atom is 0.234 e. The number of likely N-dealkylation sites (N-methyl/N-ethyl adjacent to an activating group) is 1. The number of nitrogens with zero attached hydrogens (tertiary/aromatic N) is 1. The summed E-state index contributed by atoms with van der Waals surface area (Å²) >= 11 is 5.78. The van der Waals surface area contributed by atoms with Crippen molar-refractivity contribution in [2.45, 2.75) is 0 Å². The lowest BCUT2D eigenvalue weighted by atomic mass is 10.3. The van der Waals surface area contributed by atoms with Crippen LogP contribution in [0.1, 0.15) is 0 Å². The van der Waals surface area contributed by atoms with Crippen LogP contribution in [0.5, 0.6) is 5.75 Å². The Labute approximate surface area is 119 Å². The molecule has 1 aromatic rings. The number of hydrogen-bond acceptors (Lipinski definition) is 3. The third-order valence-corrected chi connectivity index (χ3v) is 2.66. The zero-order valence-corrected chi connectivity index (χ0v) is 11.8. The molecular weight excluding hydrogens is 264 g/mol. The van der Waals surface area contributed by atoms with Crippen molar-refractivity contribution in [3.05, 3.63) is 41.9 Å². The van der Waals surface area contributed by atoms with E-state index < -0.39 is 0 Å². The largest absolute Gasteiger partial charge is 0.492 e. The normalized spacial score (nSPS) is 10.3. The predicted octanol–water partition coefficient (Wildman–Crippen LogP) is 1.95. The van der Waals surface area contributed by atoms with Gasteiger partial charge in [-0.2, -0.15) is 0 Å². The zero-order chi connectivity index (χ0) is 14.1. The minimum absolute atomic E-state index is 0.0195. The second-order valence-electron chi connectivity index (χ2n) is 4.13. The lowest BCUT2D eigenvalue weighted by Gasteiger charge is -2.16. The Morgan fingerprint density at radius 2 is 2.16 bits per heavy atom. The molecule has 0 bridgehead atoms. The molecule has 1 aromatic carbocycles. The van der Waals surface area contributed by atoms with E-state index in [0.29, 0.717) is 31.3 Å². The molecule has 0 fully saturated rings. The molecular formula is C14H19ClN2O2. The van der Waals surface area contributed by atoms with E-state index in [-0.39, 0.29) is 5.91 Å². The van der Waals surface area contributed by atoms with Gasteiger partial charge in [-0.15, -0.1) is 6.58 Å². The maximum atomic E-state index is 11.4. The smallest absolute Gasteiger partial charge is 0.234 e. The summed E-state index contributed by atoms with van der Waals surface area (Å²) in [6.07, 6.45) is 1.65. The highest BCUT2D eigenvalue weighted by Gasteiger charge is 2.05. The Morgan fingerprint density at radius 1 is 1.47 bits per heavy atom. The Kier molecular flexibility index (Phi) is 7.00. The molecule has 0 spiro atoms. The van der Waals surface area contributed by atoms with Gasteiger partial charge in [0.2, 0.25) is 5.91 Å². The highest BCUT2D eigenvalue weighted by molar-refractivity contribution is 6.30. The van der Waals surface area contributed by atoms with E-state index in [9.17, 15) is 4.79 Å². The van der Waals surface area contributed by atoms with Crippen LogP contribution in [0.2, 0.25) is 5.02 Å². The van der Waals surface area contributed by atoms with E-state index in [1.54, 1.807) is 18.2 Å². The van der Waals surface area contributed by atoms with Gasteiger partial charge in [0, 0.05) is 18.1 Å². The summed E-state index contributed by atoms with van der Waals surface area (Å²) in [5.74, 6) is 0.753. The molecule has 0 saturated heterocycles. The minimum Gasteiger partial charge on any atom is -0.492 e. The van der Waals surface area contributed by atoms with E-state index in [1.165, 1.54) is 0 Å². The van der Waals surface area contributed by atoms with Crippen LogP contribution >= 0.6 is 11.6 Å². The van der Waals surface area contributed by atoms with Crippen LogP contribution in [0.15, 0.2) is 36.9 Å². The van der Waals surface area contributed by atoms with Gasteiger partial charge in [0.05, 0.1) is 6.54 Å². The summed E-state index contributed by atoms with van der Waals surface area (Å²) < 4.78 is 5.55. The van der Waals surface area contributed by atoms with E-state index in [2.05, 4.69) is 11.9 Å². The van der Waals surface area contributed by atoms with Crippen LogP contribution in [0.3, 0.4) is 0 Å². The lowest BCUT2D eigenvalue weighted by molar-refractivity contribution is -0.121. The molecule has 1 amide bonds. The fourth-order valence-electron chi connectivity index (χ4n) is 1.42. The Bertz CT molecular complexity index is 406. The van der Waals surface area contributed by atoms with Gasteiger partial charge in [0.25, 0.3) is 0 Å². The highest BCUT2D eigenvalue weighted by atomic mass is 35.5. The third-order valence-electron chi connectivity index (χ3n) is 2.41. The molecule has 104 valence electrons. The molecule has 0 heterocycles. The number of rotatable bonds is 8. The number of nitrogens with one attached hydrogen (secondary N) is 1. The summed E-state index contributed by atoms with van der Waals surface area (Å²) in [5.41, 5.74) is 0. The van der Waals surface area contributed by atoms with Gasteiger partial charge in [0.15, 0.2) is 0 Å². The van der Waals surface area contributed by atoms with E-state index >= 15 is 0 Å². The van der Waals surface area contributed by atoms with Crippen LogP contribution < -0.4 is 10.1 Å². The van der Waals surface area contributed by atoms with Gasteiger partial charge in [0.1, 0.15) is 12.4 Å². The first-order valence-corrected chi connectivity index (χ1v) is 6.44. The monoisotopic (exact) mass is 282 g/mol. The molecule has 0 aliphatic carbocycles. The molecule has 0 unspecified atom stereocenters. The minimum atomic E-state index is -0.0195. The molecule has 5 heteroatoms. The van der Waals surface area contributed by atoms with Gasteiger partial charge >= 0.3 is 0 Å². The number of amides is 1. The molecule has 0 saturated carbocycles. The van der Waals surface area contributed by atoms with Gasteiger partial charge < -0.3 is 10.1 Å². The van der Waals surface area contributed by atoms with Crippen molar-refractivity contribution in [1.29, 1.82) is 0 Å². The summed E-state index contributed by atoms with van der Waals surface area (Å²) in [4.78, 5) is 13.3. The van der Waals surface area contributed by atoms with Crippen molar-refractivity contribution >= 4 is 17.5 Å². The first-order valence-electron chi connectivity index (χ1n) is 6.06. The van der Waals surface area contributed by atoms with Crippen molar-refractivity contribution in [1.82, 2.24) is 10.2 Å². The molecule has 0 aromatic heterocycles. The van der Waals surface area contributed by atoms with Crippen molar-refractivity contribution in [3.63, 3.8) is 0 Å². The van der Waals surface area contributed by atoms with Crippen LogP contribution in [-0.2, 0) is 4.79 Å². The van der Waals surface area contributed by atoms with Crippen molar-refractivity contribution in [2.75, 3.05) is 33.3 Å². The fourth-order valence-corrected chi connectivity index (χ4v) is 1.54. The molecule has 19 heavy (non-hydrogen) atoms. The van der Waals surface area contributed by atoms with Gasteiger partial charge in [-0.1, -0.05) is 17.7 Å². The van der Waals surface area contributed by atoms with Crippen molar-refractivity contribution in [2.24, 2.45) is 0 Å². The Morgan fingerprint density at radius 3 is 2.79 bits per heavy atom. The van der Waals surface area contributed by atoms with E-state index in [0.717, 1.165) is 5.75 Å². The third kappa shape index (κ3) is 6.84. The first-order chi connectivity index (χ1) is 9.11.